The van der Waals surface area contributed by atoms with Crippen molar-refractivity contribution in [2.45, 2.75) is 45.9 Å². The Morgan fingerprint density at radius 3 is 2.49 bits per heavy atom. The summed E-state index contributed by atoms with van der Waals surface area (Å²) in [5.41, 5.74) is 0.996. The first-order valence-electron chi connectivity index (χ1n) is 12.4. The number of Topliss-reactive ketones (excluding diaryl/α,β-unsaturated/α-hetero) is 1. The molecule has 13 heteroatoms. The molecule has 0 amide bonds. The van der Waals surface area contributed by atoms with Gasteiger partial charge in [0.2, 0.25) is 0 Å². The van der Waals surface area contributed by atoms with Gasteiger partial charge in [-0.1, -0.05) is 18.5 Å². The summed E-state index contributed by atoms with van der Waals surface area (Å²) < 4.78 is 47.3. The Morgan fingerprint density at radius 1 is 1.13 bits per heavy atom. The first kappa shape index (κ1) is 28.8. The van der Waals surface area contributed by atoms with Gasteiger partial charge in [0.1, 0.15) is 22.3 Å². The number of hydrogen-bond donors (Lipinski definition) is 0. The maximum atomic E-state index is 12.9. The third kappa shape index (κ3) is 7.45. The van der Waals surface area contributed by atoms with Crippen molar-refractivity contribution < 1.29 is 32.2 Å². The predicted octanol–water partition coefficient (Wildman–Crippen LogP) is 5.92. The standard InChI is InChI=1S/C26H26ClF3N4O4S/c1-3-21-24(16-9-17(27)11-18(10-16)38-26(28,29)30)33-23(39-21)12-20(35)19-13-32-22(14-31-19)34-7-5-15(6-8-34)25(36)37-4-2/h9-11,13-15H,3-8,12H2,1-2H3. The van der Waals surface area contributed by atoms with Gasteiger partial charge >= 0.3 is 12.3 Å². The van der Waals surface area contributed by atoms with Gasteiger partial charge < -0.3 is 14.4 Å². The largest absolute Gasteiger partial charge is 0.573 e. The van der Waals surface area contributed by atoms with Crippen LogP contribution in [0.2, 0.25) is 5.02 Å². The molecule has 8 nitrogen and oxygen atoms in total. The summed E-state index contributed by atoms with van der Waals surface area (Å²) in [7, 11) is 0. The summed E-state index contributed by atoms with van der Waals surface area (Å²) in [4.78, 5) is 40.9. The lowest BCUT2D eigenvalue weighted by atomic mass is 9.97. The lowest BCUT2D eigenvalue weighted by molar-refractivity contribution is -0.274. The van der Waals surface area contributed by atoms with E-state index in [1.807, 2.05) is 11.8 Å². The quantitative estimate of drug-likeness (QED) is 0.227. The van der Waals surface area contributed by atoms with Crippen molar-refractivity contribution in [3.05, 3.63) is 51.2 Å². The molecule has 0 aliphatic carbocycles. The van der Waals surface area contributed by atoms with Crippen molar-refractivity contribution in [3.8, 4) is 17.0 Å². The van der Waals surface area contributed by atoms with Crippen LogP contribution >= 0.6 is 22.9 Å². The number of ketones is 1. The Hall–Kier alpha value is -3.25. The smallest absolute Gasteiger partial charge is 0.466 e. The van der Waals surface area contributed by atoms with Gasteiger partial charge in [0.25, 0.3) is 0 Å². The van der Waals surface area contributed by atoms with Crippen LogP contribution < -0.4 is 9.64 Å². The number of carbonyl (C=O) groups excluding carboxylic acids is 2. The zero-order chi connectivity index (χ0) is 28.2. The summed E-state index contributed by atoms with van der Waals surface area (Å²) in [5.74, 6) is -0.409. The molecule has 1 saturated heterocycles. The number of alkyl halides is 3. The van der Waals surface area contributed by atoms with Gasteiger partial charge in [-0.15, -0.1) is 24.5 Å². The molecule has 1 aliphatic rings. The Balaban J connectivity index is 1.43. The van der Waals surface area contributed by atoms with Crippen LogP contribution in [0.5, 0.6) is 5.75 Å². The van der Waals surface area contributed by atoms with Crippen molar-refractivity contribution in [1.82, 2.24) is 15.0 Å². The summed E-state index contributed by atoms with van der Waals surface area (Å²) in [6.45, 7) is 5.30. The maximum Gasteiger partial charge on any atom is 0.573 e. The second-order valence-electron chi connectivity index (χ2n) is 8.83. The number of aryl methyl sites for hydroxylation is 1. The van der Waals surface area contributed by atoms with E-state index in [4.69, 9.17) is 16.3 Å². The number of nitrogens with zero attached hydrogens (tertiary/aromatic N) is 4. The van der Waals surface area contributed by atoms with E-state index >= 15 is 0 Å². The van der Waals surface area contributed by atoms with E-state index in [-0.39, 0.29) is 34.8 Å². The van der Waals surface area contributed by atoms with Gasteiger partial charge in [0, 0.05) is 28.6 Å². The Morgan fingerprint density at radius 2 is 1.87 bits per heavy atom. The number of halogens is 4. The van der Waals surface area contributed by atoms with E-state index in [9.17, 15) is 22.8 Å². The minimum absolute atomic E-state index is 0.0386. The normalized spacial score (nSPS) is 14.4. The Kier molecular flexibility index (Phi) is 9.06. The molecule has 0 spiro atoms. The lowest BCUT2D eigenvalue weighted by Crippen LogP contribution is -2.37. The fourth-order valence-electron chi connectivity index (χ4n) is 4.29. The molecule has 0 unspecified atom stereocenters. The Labute approximate surface area is 232 Å². The summed E-state index contributed by atoms with van der Waals surface area (Å²) >= 11 is 7.33. The molecule has 3 heterocycles. The molecule has 208 valence electrons. The second kappa shape index (κ2) is 12.3. The monoisotopic (exact) mass is 582 g/mol. The number of ether oxygens (including phenoxy) is 2. The van der Waals surface area contributed by atoms with Crippen LogP contribution in [0.15, 0.2) is 30.6 Å². The van der Waals surface area contributed by atoms with Crippen LogP contribution in [0, 0.1) is 5.92 Å². The highest BCUT2D eigenvalue weighted by Crippen LogP contribution is 2.35. The molecule has 4 rings (SSSR count). The third-order valence-electron chi connectivity index (χ3n) is 6.12. The van der Waals surface area contributed by atoms with Crippen molar-refractivity contribution in [1.29, 1.82) is 0 Å². The van der Waals surface area contributed by atoms with Crippen LogP contribution in [-0.4, -0.2) is 52.8 Å². The molecule has 1 aromatic carbocycles. The molecule has 0 bridgehead atoms. The van der Waals surface area contributed by atoms with Gasteiger partial charge in [-0.05, 0) is 44.4 Å². The maximum absolute atomic E-state index is 12.9. The number of hydrogen-bond acceptors (Lipinski definition) is 9. The number of piperidine rings is 1. The van der Waals surface area contributed by atoms with Crippen molar-refractivity contribution >= 4 is 40.5 Å². The first-order chi connectivity index (χ1) is 18.6. The number of benzene rings is 1. The lowest BCUT2D eigenvalue weighted by Gasteiger charge is -2.31. The van der Waals surface area contributed by atoms with Crippen LogP contribution in [0.3, 0.4) is 0 Å². The summed E-state index contributed by atoms with van der Waals surface area (Å²) in [6, 6.07) is 3.80. The highest BCUT2D eigenvalue weighted by atomic mass is 35.5. The van der Waals surface area contributed by atoms with E-state index in [0.717, 1.165) is 10.9 Å². The van der Waals surface area contributed by atoms with Crippen molar-refractivity contribution in [2.24, 2.45) is 5.92 Å². The number of aromatic nitrogens is 3. The minimum Gasteiger partial charge on any atom is -0.466 e. The zero-order valence-electron chi connectivity index (χ0n) is 21.3. The molecule has 0 radical (unpaired) electrons. The highest BCUT2D eigenvalue weighted by molar-refractivity contribution is 7.12. The summed E-state index contributed by atoms with van der Waals surface area (Å²) in [6.07, 6.45) is -0.0645. The zero-order valence-corrected chi connectivity index (χ0v) is 22.8. The SMILES string of the molecule is CCOC(=O)C1CCN(c2cnc(C(=O)Cc3nc(-c4cc(Cl)cc(OC(F)(F)F)c4)c(CC)s3)cn2)CC1. The van der Waals surface area contributed by atoms with Crippen LogP contribution in [-0.2, 0) is 22.4 Å². The van der Waals surface area contributed by atoms with Crippen LogP contribution in [0.25, 0.3) is 11.3 Å². The fraction of sp³-hybridized carbons (Fsp3) is 0.423. The van der Waals surface area contributed by atoms with Crippen molar-refractivity contribution in [3.63, 3.8) is 0 Å². The van der Waals surface area contributed by atoms with Gasteiger partial charge in [0.05, 0.1) is 37.0 Å². The second-order valence-corrected chi connectivity index (χ2v) is 10.4. The van der Waals surface area contributed by atoms with E-state index in [2.05, 4.69) is 19.7 Å². The molecule has 3 aromatic rings. The van der Waals surface area contributed by atoms with Crippen LogP contribution in [0.4, 0.5) is 19.0 Å². The number of thiazole rings is 1. The molecular weight excluding hydrogens is 557 g/mol. The van der Waals surface area contributed by atoms with Gasteiger partial charge in [-0.25, -0.2) is 15.0 Å². The van der Waals surface area contributed by atoms with E-state index in [0.29, 0.717) is 61.0 Å². The number of carbonyl (C=O) groups is 2. The van der Waals surface area contributed by atoms with E-state index < -0.39 is 12.1 Å². The van der Waals surface area contributed by atoms with Crippen molar-refractivity contribution in [2.75, 3.05) is 24.6 Å². The Bertz CT molecular complexity index is 1330. The number of rotatable bonds is 9. The predicted molar refractivity (Wildman–Crippen MR) is 140 cm³/mol. The van der Waals surface area contributed by atoms with Gasteiger partial charge in [-0.3, -0.25) is 9.59 Å². The molecule has 0 atom stereocenters. The van der Waals surface area contributed by atoms with Crippen LogP contribution in [0.1, 0.15) is 47.1 Å². The van der Waals surface area contributed by atoms with Gasteiger partial charge in [0.15, 0.2) is 5.78 Å². The molecule has 1 fully saturated rings. The van der Waals surface area contributed by atoms with Gasteiger partial charge in [-0.2, -0.15) is 0 Å². The highest BCUT2D eigenvalue weighted by Gasteiger charge is 2.31. The van der Waals surface area contributed by atoms with E-state index in [1.165, 1.54) is 35.9 Å². The topological polar surface area (TPSA) is 94.5 Å². The molecule has 1 aliphatic heterocycles. The average molecular weight is 583 g/mol. The van der Waals surface area contributed by atoms with E-state index in [1.54, 1.807) is 6.92 Å². The molecule has 2 aromatic heterocycles. The fourth-order valence-corrected chi connectivity index (χ4v) is 5.55. The average Bonchev–Trinajstić information content (AvgIpc) is 3.30. The number of anilines is 1. The number of esters is 1. The third-order valence-corrected chi connectivity index (χ3v) is 7.53. The first-order valence-corrected chi connectivity index (χ1v) is 13.6. The molecular formula is C26H26ClF3N4O4S. The minimum atomic E-state index is -4.86. The molecule has 0 N–H and O–H groups in total. The molecule has 39 heavy (non-hydrogen) atoms. The molecule has 0 saturated carbocycles. The summed E-state index contributed by atoms with van der Waals surface area (Å²) in [5, 5.41) is 0.567.